The maximum atomic E-state index is 9.62. The summed E-state index contributed by atoms with van der Waals surface area (Å²) in [4.78, 5) is 0. The van der Waals surface area contributed by atoms with Crippen molar-refractivity contribution in [1.82, 2.24) is 0 Å². The van der Waals surface area contributed by atoms with Crippen molar-refractivity contribution >= 4 is 32.3 Å². The minimum atomic E-state index is -0.468. The maximum Gasteiger partial charge on any atom is 0.0636 e. The van der Waals surface area contributed by atoms with Crippen LogP contribution in [0.4, 0.5) is 0 Å². The van der Waals surface area contributed by atoms with Crippen LogP contribution in [0.3, 0.4) is 0 Å². The van der Waals surface area contributed by atoms with Crippen LogP contribution >= 0.6 is 0 Å². The molecule has 0 heteroatoms. The van der Waals surface area contributed by atoms with Gasteiger partial charge in [-0.3, -0.25) is 0 Å². The van der Waals surface area contributed by atoms with Crippen molar-refractivity contribution in [2.45, 2.75) is 20.3 Å². The highest BCUT2D eigenvalue weighted by molar-refractivity contribution is 6.21. The van der Waals surface area contributed by atoms with Crippen LogP contribution in [0, 0.1) is 13.8 Å². The fourth-order valence-electron chi connectivity index (χ4n) is 7.31. The number of hydrogen-bond donors (Lipinski definition) is 0. The molecule has 45 heavy (non-hydrogen) atoms. The van der Waals surface area contributed by atoms with Gasteiger partial charge in [-0.15, -0.1) is 0 Å². The van der Waals surface area contributed by atoms with Crippen LogP contribution in [-0.4, -0.2) is 0 Å². The van der Waals surface area contributed by atoms with E-state index in [1.807, 2.05) is 66.7 Å². The quantitative estimate of drug-likeness (QED) is 0.182. The Morgan fingerprint density at radius 3 is 2.13 bits per heavy atom. The number of fused-ring (bicyclic) bond motifs is 6. The predicted octanol–water partition coefficient (Wildman–Crippen LogP) is 12.3. The van der Waals surface area contributed by atoms with Crippen molar-refractivity contribution in [3.63, 3.8) is 0 Å². The molecule has 0 radical (unpaired) electrons. The second-order valence-corrected chi connectivity index (χ2v) is 11.9. The van der Waals surface area contributed by atoms with E-state index < -0.39 is 12.1 Å². The molecule has 0 saturated heterocycles. The monoisotopic (exact) mass is 580 g/mol. The summed E-state index contributed by atoms with van der Waals surface area (Å²) in [5.74, 6) is 0. The largest absolute Gasteiger partial charge is 0.0636 e. The van der Waals surface area contributed by atoms with Crippen molar-refractivity contribution in [1.29, 1.82) is 0 Å². The lowest BCUT2D eigenvalue weighted by Crippen LogP contribution is -1.98. The Balaban J connectivity index is 1.53. The molecule has 0 unspecified atom stereocenters. The zero-order valence-corrected chi connectivity index (χ0v) is 24.9. The van der Waals surface area contributed by atoms with Crippen LogP contribution in [-0.2, 0) is 6.42 Å². The number of aryl methyl sites for hydroxylation is 1. The second-order valence-electron chi connectivity index (χ2n) is 11.9. The first-order valence-corrected chi connectivity index (χ1v) is 15.3. The summed E-state index contributed by atoms with van der Waals surface area (Å²) in [6, 6.07) is 29.4. The van der Waals surface area contributed by atoms with Gasteiger partial charge in [0, 0.05) is 0 Å². The predicted molar refractivity (Wildman–Crippen MR) is 193 cm³/mol. The molecule has 0 aliphatic heterocycles. The minimum Gasteiger partial charge on any atom is -0.0619 e. The lowest BCUT2D eigenvalue weighted by Gasteiger charge is -2.21. The van der Waals surface area contributed by atoms with Gasteiger partial charge in [0.1, 0.15) is 0 Å². The van der Waals surface area contributed by atoms with Gasteiger partial charge in [-0.1, -0.05) is 139 Å². The molecular weight excluding hydrogens is 540 g/mol. The van der Waals surface area contributed by atoms with Crippen molar-refractivity contribution in [2.75, 3.05) is 0 Å². The molecule has 0 bridgehead atoms. The summed E-state index contributed by atoms with van der Waals surface area (Å²) < 4.78 is 73.2. The zero-order valence-electron chi connectivity index (χ0n) is 32.9. The molecule has 8 aromatic rings. The van der Waals surface area contributed by atoms with E-state index in [1.165, 1.54) is 22.3 Å². The number of hydrogen-bond acceptors (Lipinski definition) is 0. The summed E-state index contributed by atoms with van der Waals surface area (Å²) in [5, 5.41) is 2.30. The van der Waals surface area contributed by atoms with E-state index in [0.717, 1.165) is 39.4 Å². The average Bonchev–Trinajstić information content (AvgIpc) is 3.53. The van der Waals surface area contributed by atoms with Crippen molar-refractivity contribution < 1.29 is 11.0 Å². The lowest BCUT2D eigenvalue weighted by molar-refractivity contribution is 1.23. The molecule has 0 saturated carbocycles. The van der Waals surface area contributed by atoms with E-state index in [0.29, 0.717) is 27.6 Å². The Morgan fingerprint density at radius 2 is 1.22 bits per heavy atom. The second kappa shape index (κ2) is 10.0. The first-order valence-electron chi connectivity index (χ1n) is 19.3. The Kier molecular flexibility index (Phi) is 4.25. The first-order chi connectivity index (χ1) is 25.5. The molecule has 0 atom stereocenters. The van der Waals surface area contributed by atoms with E-state index in [-0.39, 0.29) is 52.4 Å². The molecule has 9 rings (SSSR count). The highest BCUT2D eigenvalue weighted by Gasteiger charge is 2.26. The Morgan fingerprint density at radius 1 is 0.511 bits per heavy atom. The molecule has 0 amide bonds. The summed E-state index contributed by atoms with van der Waals surface area (Å²) >= 11 is 0. The van der Waals surface area contributed by atoms with Gasteiger partial charge in [0.25, 0.3) is 0 Å². The normalized spacial score (nSPS) is 14.6. The van der Waals surface area contributed by atoms with Crippen LogP contribution in [0.25, 0.3) is 76.8 Å². The van der Waals surface area contributed by atoms with Crippen LogP contribution < -0.4 is 0 Å². The Bertz CT molecular complexity index is 2920. The summed E-state index contributed by atoms with van der Waals surface area (Å²) in [7, 11) is 0. The highest BCUT2D eigenvalue weighted by Crippen LogP contribution is 2.49. The maximum absolute atomic E-state index is 9.62. The van der Waals surface area contributed by atoms with E-state index in [2.05, 4.69) is 44.2 Å². The molecule has 0 nitrogen and oxygen atoms in total. The fraction of sp³-hybridized carbons (Fsp3) is 0.0667. The Hall–Kier alpha value is -5.46. The molecule has 212 valence electrons. The van der Waals surface area contributed by atoms with Crippen LogP contribution in [0.1, 0.15) is 33.2 Å². The van der Waals surface area contributed by atoms with Crippen LogP contribution in [0.2, 0.25) is 0 Å². The fourth-order valence-corrected chi connectivity index (χ4v) is 7.31. The van der Waals surface area contributed by atoms with Crippen molar-refractivity contribution in [3.8, 4) is 44.5 Å². The van der Waals surface area contributed by atoms with Crippen molar-refractivity contribution in [2.24, 2.45) is 0 Å². The van der Waals surface area contributed by atoms with Gasteiger partial charge in [-0.25, -0.2) is 0 Å². The van der Waals surface area contributed by atoms with Crippen molar-refractivity contribution in [3.05, 3.63) is 168 Å². The summed E-state index contributed by atoms with van der Waals surface area (Å²) in [5.41, 5.74) is 11.0. The van der Waals surface area contributed by atoms with Gasteiger partial charge < -0.3 is 0 Å². The number of benzene rings is 8. The third-order valence-electron chi connectivity index (χ3n) is 9.47. The Labute approximate surface area is 275 Å². The molecule has 0 aromatic heterocycles. The highest BCUT2D eigenvalue weighted by atomic mass is 14.3. The summed E-state index contributed by atoms with van der Waals surface area (Å²) in [6.45, 7) is 4.22. The molecule has 1 aliphatic carbocycles. The molecule has 8 aromatic carbocycles. The lowest BCUT2D eigenvalue weighted by atomic mass is 9.82. The van der Waals surface area contributed by atoms with E-state index in [4.69, 9.17) is 5.48 Å². The van der Waals surface area contributed by atoms with Gasteiger partial charge in [-0.2, -0.15) is 0 Å². The summed E-state index contributed by atoms with van der Waals surface area (Å²) in [6.07, 6.45) is 0.735. The average molecular weight is 581 g/mol. The molecule has 0 fully saturated rings. The molecular formula is C45H32. The van der Waals surface area contributed by atoms with Gasteiger partial charge >= 0.3 is 0 Å². The molecule has 0 N–H and O–H groups in total. The first kappa shape index (κ1) is 19.0. The third-order valence-corrected chi connectivity index (χ3v) is 9.47. The SMILES string of the molecule is [2H]c1c([2H])c([2H])c2c(-c3cccc4ccccc34)c3c(-c4ccccc4-c4c(C)c(C)cc5c4Cc4ccccc4-5)c([2H])c([2H])c([2H])c3c([2H])c2c1[2H]. The van der Waals surface area contributed by atoms with Gasteiger partial charge in [0.15, 0.2) is 0 Å². The molecule has 0 heterocycles. The molecule has 0 spiro atoms. The topological polar surface area (TPSA) is 0 Å². The third kappa shape index (κ3) is 3.92. The van der Waals surface area contributed by atoms with Crippen LogP contribution in [0.15, 0.2) is 145 Å². The standard InChI is InChI=1S/C45H32/c1-28-25-41-35-19-7-4-15-32(35)27-42(41)43(29(28)2)39-22-10-9-21-37(39)40-24-12-17-33-26-31-14-5-8-20-36(31)45(44(33)40)38-23-11-16-30-13-3-6-18-34(30)38/h3-26H,27H2,1-2H3/i5D,8D,12D,14D,17D,20D,24D,26D. The smallest absolute Gasteiger partial charge is 0.0619 e. The minimum absolute atomic E-state index is 0.0126. The van der Waals surface area contributed by atoms with Crippen LogP contribution in [0.5, 0.6) is 0 Å². The number of rotatable bonds is 3. The van der Waals surface area contributed by atoms with E-state index in [9.17, 15) is 5.48 Å². The van der Waals surface area contributed by atoms with E-state index in [1.54, 1.807) is 0 Å². The zero-order chi connectivity index (χ0) is 37.0. The van der Waals surface area contributed by atoms with Gasteiger partial charge in [-0.05, 0) is 125 Å². The van der Waals surface area contributed by atoms with Gasteiger partial charge in [0.05, 0.1) is 11.0 Å². The van der Waals surface area contributed by atoms with Gasteiger partial charge in [0.2, 0.25) is 0 Å². The molecule has 1 aliphatic rings. The van der Waals surface area contributed by atoms with E-state index >= 15 is 0 Å².